The third-order valence-corrected chi connectivity index (χ3v) is 4.97. The van der Waals surface area contributed by atoms with Crippen LogP contribution in [-0.2, 0) is 4.79 Å². The topological polar surface area (TPSA) is 42.0 Å². The van der Waals surface area contributed by atoms with E-state index < -0.39 is 0 Å². The van der Waals surface area contributed by atoms with E-state index >= 15 is 0 Å². The number of aromatic nitrogens is 1. The van der Waals surface area contributed by atoms with Gasteiger partial charge in [0, 0.05) is 4.90 Å². The van der Waals surface area contributed by atoms with Crippen molar-refractivity contribution in [1.29, 1.82) is 0 Å². The lowest BCUT2D eigenvalue weighted by molar-refractivity contribution is -0.113. The molecule has 0 radical (unpaired) electrons. The molecule has 0 atom stereocenters. The number of aryl methyl sites for hydroxylation is 1. The van der Waals surface area contributed by atoms with E-state index in [9.17, 15) is 9.18 Å². The zero-order chi connectivity index (χ0) is 15.5. The van der Waals surface area contributed by atoms with Gasteiger partial charge in [0.1, 0.15) is 5.82 Å². The predicted molar refractivity (Wildman–Crippen MR) is 90.1 cm³/mol. The molecule has 0 aliphatic carbocycles. The Hall–Kier alpha value is -1.92. The van der Waals surface area contributed by atoms with Gasteiger partial charge in [-0.05, 0) is 36.8 Å². The van der Waals surface area contributed by atoms with Crippen molar-refractivity contribution >= 4 is 44.4 Å². The number of carbonyl (C=O) groups is 1. The van der Waals surface area contributed by atoms with Gasteiger partial charge in [0.25, 0.3) is 0 Å². The van der Waals surface area contributed by atoms with Gasteiger partial charge in [0.2, 0.25) is 5.91 Å². The fourth-order valence-electron chi connectivity index (χ4n) is 1.95. The first-order chi connectivity index (χ1) is 10.6. The summed E-state index contributed by atoms with van der Waals surface area (Å²) in [5, 5.41) is 3.33. The number of fused-ring (bicyclic) bond motifs is 1. The third-order valence-electron chi connectivity index (χ3n) is 2.99. The first-order valence-corrected chi connectivity index (χ1v) is 8.46. The lowest BCUT2D eigenvalue weighted by atomic mass is 10.2. The summed E-state index contributed by atoms with van der Waals surface area (Å²) in [7, 11) is 0. The van der Waals surface area contributed by atoms with Gasteiger partial charge in [0.15, 0.2) is 5.13 Å². The van der Waals surface area contributed by atoms with Crippen molar-refractivity contribution in [3.8, 4) is 0 Å². The largest absolute Gasteiger partial charge is 0.301 e. The lowest BCUT2D eigenvalue weighted by Crippen LogP contribution is -2.13. The summed E-state index contributed by atoms with van der Waals surface area (Å²) in [4.78, 5) is 16.8. The van der Waals surface area contributed by atoms with Gasteiger partial charge >= 0.3 is 0 Å². The number of halogens is 1. The van der Waals surface area contributed by atoms with Crippen LogP contribution in [0, 0.1) is 12.7 Å². The third kappa shape index (κ3) is 3.45. The second-order valence-corrected chi connectivity index (χ2v) is 6.81. The Balaban J connectivity index is 1.64. The van der Waals surface area contributed by atoms with E-state index in [1.165, 1.54) is 29.2 Å². The number of anilines is 1. The SMILES string of the molecule is Cc1ccc2nc(NC(=O)CSc3ccccc3F)sc2c1. The molecule has 0 aliphatic rings. The van der Waals surface area contributed by atoms with Gasteiger partial charge in [-0.1, -0.05) is 29.5 Å². The number of amides is 1. The minimum Gasteiger partial charge on any atom is -0.301 e. The van der Waals surface area contributed by atoms with Crippen molar-refractivity contribution in [3.63, 3.8) is 0 Å². The molecular weight excluding hydrogens is 319 g/mol. The van der Waals surface area contributed by atoms with E-state index in [0.717, 1.165) is 15.8 Å². The molecule has 0 spiro atoms. The molecule has 0 aliphatic heterocycles. The van der Waals surface area contributed by atoms with Crippen LogP contribution in [0.4, 0.5) is 9.52 Å². The Kier molecular flexibility index (Phi) is 4.40. The summed E-state index contributed by atoms with van der Waals surface area (Å²) >= 11 is 2.61. The standard InChI is InChI=1S/C16H13FN2OS2/c1-10-6-7-12-14(8-10)22-16(18-12)19-15(20)9-21-13-5-3-2-4-11(13)17/h2-8H,9H2,1H3,(H,18,19,20). The van der Waals surface area contributed by atoms with Crippen molar-refractivity contribution in [1.82, 2.24) is 4.98 Å². The zero-order valence-electron chi connectivity index (χ0n) is 11.8. The Morgan fingerprint density at radius 1 is 1.32 bits per heavy atom. The van der Waals surface area contributed by atoms with Crippen LogP contribution < -0.4 is 5.32 Å². The van der Waals surface area contributed by atoms with Crippen molar-refractivity contribution in [2.45, 2.75) is 11.8 Å². The number of rotatable bonds is 4. The van der Waals surface area contributed by atoms with Crippen LogP contribution in [0.2, 0.25) is 0 Å². The van der Waals surface area contributed by atoms with Crippen LogP contribution in [0.5, 0.6) is 0 Å². The molecule has 1 N–H and O–H groups in total. The molecule has 0 saturated carbocycles. The molecule has 112 valence electrons. The number of nitrogens with zero attached hydrogens (tertiary/aromatic N) is 1. The predicted octanol–water partition coefficient (Wildman–Crippen LogP) is 4.47. The Bertz CT molecular complexity index is 832. The molecule has 0 fully saturated rings. The van der Waals surface area contributed by atoms with Gasteiger partial charge in [0.05, 0.1) is 16.0 Å². The van der Waals surface area contributed by atoms with Crippen molar-refractivity contribution in [2.24, 2.45) is 0 Å². The minimum absolute atomic E-state index is 0.149. The second-order valence-electron chi connectivity index (χ2n) is 4.76. The van der Waals surface area contributed by atoms with Crippen molar-refractivity contribution < 1.29 is 9.18 Å². The van der Waals surface area contributed by atoms with Crippen LogP contribution in [0.15, 0.2) is 47.4 Å². The Morgan fingerprint density at radius 3 is 2.95 bits per heavy atom. The Morgan fingerprint density at radius 2 is 2.14 bits per heavy atom. The molecule has 1 heterocycles. The zero-order valence-corrected chi connectivity index (χ0v) is 13.4. The number of nitrogens with one attached hydrogen (secondary N) is 1. The smallest absolute Gasteiger partial charge is 0.236 e. The maximum absolute atomic E-state index is 13.5. The molecule has 2 aromatic carbocycles. The van der Waals surface area contributed by atoms with Gasteiger partial charge in [-0.2, -0.15) is 0 Å². The number of thiazole rings is 1. The number of hydrogen-bond donors (Lipinski definition) is 1. The molecule has 1 aromatic heterocycles. The van der Waals surface area contributed by atoms with Gasteiger partial charge in [-0.3, -0.25) is 4.79 Å². The number of hydrogen-bond acceptors (Lipinski definition) is 4. The molecule has 3 nitrogen and oxygen atoms in total. The van der Waals surface area contributed by atoms with Crippen LogP contribution >= 0.6 is 23.1 Å². The molecule has 22 heavy (non-hydrogen) atoms. The average molecular weight is 332 g/mol. The van der Waals surface area contributed by atoms with Gasteiger partial charge < -0.3 is 5.32 Å². The molecule has 1 amide bonds. The highest BCUT2D eigenvalue weighted by Crippen LogP contribution is 2.27. The van der Waals surface area contributed by atoms with Crippen LogP contribution in [0.1, 0.15) is 5.56 Å². The fraction of sp³-hybridized carbons (Fsp3) is 0.125. The quantitative estimate of drug-likeness (QED) is 0.717. The highest BCUT2D eigenvalue weighted by Gasteiger charge is 2.10. The van der Waals surface area contributed by atoms with Gasteiger partial charge in [-0.25, -0.2) is 9.37 Å². The maximum Gasteiger partial charge on any atom is 0.236 e. The molecule has 3 rings (SSSR count). The van der Waals surface area contributed by atoms with Crippen molar-refractivity contribution in [2.75, 3.05) is 11.1 Å². The highest BCUT2D eigenvalue weighted by molar-refractivity contribution is 8.00. The molecule has 0 unspecified atom stereocenters. The van der Waals surface area contributed by atoms with E-state index in [1.807, 2.05) is 25.1 Å². The molecule has 0 saturated heterocycles. The number of benzene rings is 2. The molecule has 0 bridgehead atoms. The van der Waals surface area contributed by atoms with E-state index in [1.54, 1.807) is 18.2 Å². The summed E-state index contributed by atoms with van der Waals surface area (Å²) in [6.45, 7) is 2.02. The summed E-state index contributed by atoms with van der Waals surface area (Å²) in [6, 6.07) is 12.4. The molecule has 6 heteroatoms. The summed E-state index contributed by atoms with van der Waals surface area (Å²) < 4.78 is 14.5. The average Bonchev–Trinajstić information content (AvgIpc) is 2.87. The molecule has 3 aromatic rings. The summed E-state index contributed by atoms with van der Waals surface area (Å²) in [6.07, 6.45) is 0. The highest BCUT2D eigenvalue weighted by atomic mass is 32.2. The first-order valence-electron chi connectivity index (χ1n) is 6.66. The second kappa shape index (κ2) is 6.46. The van der Waals surface area contributed by atoms with E-state index in [0.29, 0.717) is 10.0 Å². The minimum atomic E-state index is -0.309. The number of thioether (sulfide) groups is 1. The summed E-state index contributed by atoms with van der Waals surface area (Å²) in [5.41, 5.74) is 2.02. The van der Waals surface area contributed by atoms with Crippen molar-refractivity contribution in [3.05, 3.63) is 53.8 Å². The monoisotopic (exact) mass is 332 g/mol. The Labute approximate surface area is 135 Å². The van der Waals surface area contributed by atoms with E-state index in [2.05, 4.69) is 10.3 Å². The molecular formula is C16H13FN2OS2. The number of carbonyl (C=O) groups excluding carboxylic acids is 1. The van der Waals surface area contributed by atoms with Crippen LogP contribution in [0.3, 0.4) is 0 Å². The van der Waals surface area contributed by atoms with Crippen LogP contribution in [0.25, 0.3) is 10.2 Å². The lowest BCUT2D eigenvalue weighted by Gasteiger charge is -2.02. The van der Waals surface area contributed by atoms with Gasteiger partial charge in [-0.15, -0.1) is 11.8 Å². The first kappa shape index (κ1) is 15.0. The van der Waals surface area contributed by atoms with E-state index in [4.69, 9.17) is 0 Å². The van der Waals surface area contributed by atoms with E-state index in [-0.39, 0.29) is 17.5 Å². The fourth-order valence-corrected chi connectivity index (χ4v) is 3.67. The van der Waals surface area contributed by atoms with Crippen LogP contribution in [-0.4, -0.2) is 16.6 Å². The maximum atomic E-state index is 13.5. The summed E-state index contributed by atoms with van der Waals surface area (Å²) in [5.74, 6) is -0.351. The normalized spacial score (nSPS) is 10.8.